The molecule has 0 saturated carbocycles. The van der Waals surface area contributed by atoms with E-state index in [1.54, 1.807) is 31.4 Å². The van der Waals surface area contributed by atoms with Crippen molar-refractivity contribution in [3.63, 3.8) is 0 Å². The predicted octanol–water partition coefficient (Wildman–Crippen LogP) is 3.31. The van der Waals surface area contributed by atoms with Crippen molar-refractivity contribution in [1.29, 1.82) is 0 Å². The summed E-state index contributed by atoms with van der Waals surface area (Å²) in [6, 6.07) is 10.6. The minimum atomic E-state index is 0.0752. The van der Waals surface area contributed by atoms with E-state index in [4.69, 9.17) is 9.47 Å². The molecule has 2 aromatic carbocycles. The largest absolute Gasteiger partial charge is 0.505 e. The molecule has 0 saturated heterocycles. The van der Waals surface area contributed by atoms with Crippen LogP contribution in [0.25, 0.3) is 16.7 Å². The van der Waals surface area contributed by atoms with Crippen LogP contribution in [-0.4, -0.2) is 33.8 Å². The maximum Gasteiger partial charge on any atom is 0.146 e. The Hall–Kier alpha value is -2.76. The molecular formula is C17H19N3O3. The zero-order valence-corrected chi connectivity index (χ0v) is 13.2. The highest BCUT2D eigenvalue weighted by molar-refractivity contribution is 5.75. The monoisotopic (exact) mass is 313 g/mol. The van der Waals surface area contributed by atoms with Crippen molar-refractivity contribution in [3.05, 3.63) is 36.4 Å². The summed E-state index contributed by atoms with van der Waals surface area (Å²) >= 11 is 0. The summed E-state index contributed by atoms with van der Waals surface area (Å²) in [6.45, 7) is 2.74. The van der Waals surface area contributed by atoms with Crippen LogP contribution in [0, 0.1) is 0 Å². The van der Waals surface area contributed by atoms with Gasteiger partial charge in [-0.3, -0.25) is 0 Å². The molecule has 120 valence electrons. The smallest absolute Gasteiger partial charge is 0.146 e. The quantitative estimate of drug-likeness (QED) is 0.707. The third kappa shape index (κ3) is 3.21. The van der Waals surface area contributed by atoms with Crippen LogP contribution in [0.15, 0.2) is 36.4 Å². The number of phenols is 1. The summed E-state index contributed by atoms with van der Waals surface area (Å²) < 4.78 is 10.8. The molecule has 0 aliphatic carbocycles. The van der Waals surface area contributed by atoms with Gasteiger partial charge in [0.1, 0.15) is 34.0 Å². The van der Waals surface area contributed by atoms with Gasteiger partial charge in [0.2, 0.25) is 0 Å². The molecule has 1 heterocycles. The van der Waals surface area contributed by atoms with E-state index in [2.05, 4.69) is 17.1 Å². The van der Waals surface area contributed by atoms with Gasteiger partial charge in [0.15, 0.2) is 0 Å². The molecule has 3 rings (SSSR count). The molecule has 0 spiro atoms. The van der Waals surface area contributed by atoms with Gasteiger partial charge in [-0.1, -0.05) is 13.3 Å². The maximum atomic E-state index is 10.2. The highest BCUT2D eigenvalue weighted by Crippen LogP contribution is 2.27. The Labute approximate surface area is 134 Å². The van der Waals surface area contributed by atoms with E-state index in [9.17, 15) is 5.11 Å². The molecule has 0 aliphatic heterocycles. The molecule has 0 unspecified atom stereocenters. The molecule has 23 heavy (non-hydrogen) atoms. The summed E-state index contributed by atoms with van der Waals surface area (Å²) in [6.07, 6.45) is 2.05. The number of rotatable bonds is 6. The molecule has 0 radical (unpaired) electrons. The fourth-order valence-electron chi connectivity index (χ4n) is 2.23. The normalized spacial score (nSPS) is 10.9. The summed E-state index contributed by atoms with van der Waals surface area (Å²) in [5.74, 6) is 1.43. The average molecular weight is 313 g/mol. The molecule has 0 atom stereocenters. The van der Waals surface area contributed by atoms with Crippen LogP contribution in [0.2, 0.25) is 0 Å². The first-order valence-corrected chi connectivity index (χ1v) is 7.58. The summed E-state index contributed by atoms with van der Waals surface area (Å²) in [5, 5.41) is 19.0. The van der Waals surface area contributed by atoms with Gasteiger partial charge in [0.05, 0.1) is 13.7 Å². The Morgan fingerprint density at radius 2 is 1.83 bits per heavy atom. The molecule has 1 aromatic heterocycles. The maximum absolute atomic E-state index is 10.2. The number of hydrogen-bond acceptors (Lipinski definition) is 5. The Bertz CT molecular complexity index is 814. The molecule has 0 bridgehead atoms. The van der Waals surface area contributed by atoms with Gasteiger partial charge in [-0.2, -0.15) is 0 Å². The Morgan fingerprint density at radius 1 is 1.04 bits per heavy atom. The number of benzene rings is 2. The van der Waals surface area contributed by atoms with Crippen LogP contribution in [0.4, 0.5) is 0 Å². The lowest BCUT2D eigenvalue weighted by molar-refractivity contribution is 0.307. The van der Waals surface area contributed by atoms with Crippen molar-refractivity contribution in [2.45, 2.75) is 19.8 Å². The lowest BCUT2D eigenvalue weighted by Crippen LogP contribution is -2.00. The van der Waals surface area contributed by atoms with E-state index in [0.717, 1.165) is 18.4 Å². The third-order valence-electron chi connectivity index (χ3n) is 3.52. The second-order valence-electron chi connectivity index (χ2n) is 5.20. The number of ether oxygens (including phenoxy) is 2. The molecule has 0 amide bonds. The Kier molecular flexibility index (Phi) is 4.32. The number of hydrogen-bond donors (Lipinski definition) is 1. The molecule has 1 N–H and O–H groups in total. The van der Waals surface area contributed by atoms with Crippen LogP contribution in [0.1, 0.15) is 19.8 Å². The number of aromatic nitrogens is 3. The lowest BCUT2D eigenvalue weighted by Gasteiger charge is -2.08. The van der Waals surface area contributed by atoms with Crippen LogP contribution < -0.4 is 9.47 Å². The van der Waals surface area contributed by atoms with Crippen LogP contribution >= 0.6 is 0 Å². The zero-order chi connectivity index (χ0) is 16.2. The summed E-state index contributed by atoms with van der Waals surface area (Å²) in [4.78, 5) is 1.41. The first-order chi connectivity index (χ1) is 11.2. The standard InChI is InChI=1S/C17H19N3O3/c1-3-4-9-23-13-6-8-16(17(21)11-13)20-18-14-7-5-12(22-2)10-15(14)19-20/h5-8,10-11,21H,3-4,9H2,1-2H3. The van der Waals surface area contributed by atoms with Crippen molar-refractivity contribution in [2.24, 2.45) is 0 Å². The van der Waals surface area contributed by atoms with Crippen LogP contribution in [0.3, 0.4) is 0 Å². The van der Waals surface area contributed by atoms with Crippen LogP contribution in [-0.2, 0) is 0 Å². The number of aromatic hydroxyl groups is 1. The van der Waals surface area contributed by atoms with Gasteiger partial charge in [0, 0.05) is 12.1 Å². The fourth-order valence-corrected chi connectivity index (χ4v) is 2.23. The van der Waals surface area contributed by atoms with E-state index in [1.807, 2.05) is 12.1 Å². The molecule has 6 heteroatoms. The first kappa shape index (κ1) is 15.1. The van der Waals surface area contributed by atoms with Gasteiger partial charge < -0.3 is 14.6 Å². The van der Waals surface area contributed by atoms with Crippen LogP contribution in [0.5, 0.6) is 17.2 Å². The van der Waals surface area contributed by atoms with Crippen molar-refractivity contribution >= 4 is 11.0 Å². The second kappa shape index (κ2) is 6.56. The third-order valence-corrected chi connectivity index (χ3v) is 3.52. The van der Waals surface area contributed by atoms with E-state index < -0.39 is 0 Å². The topological polar surface area (TPSA) is 69.4 Å². The summed E-state index contributed by atoms with van der Waals surface area (Å²) in [7, 11) is 1.61. The fraction of sp³-hybridized carbons (Fsp3) is 0.294. The molecule has 3 aromatic rings. The van der Waals surface area contributed by atoms with Gasteiger partial charge in [-0.15, -0.1) is 15.0 Å². The Balaban J connectivity index is 1.89. The number of methoxy groups -OCH3 is 1. The van der Waals surface area contributed by atoms with Crippen molar-refractivity contribution < 1.29 is 14.6 Å². The van der Waals surface area contributed by atoms with E-state index >= 15 is 0 Å². The van der Waals surface area contributed by atoms with E-state index in [-0.39, 0.29) is 5.75 Å². The second-order valence-corrected chi connectivity index (χ2v) is 5.20. The number of fused-ring (bicyclic) bond motifs is 1. The van der Waals surface area contributed by atoms with Gasteiger partial charge in [-0.25, -0.2) is 0 Å². The van der Waals surface area contributed by atoms with Gasteiger partial charge in [0.25, 0.3) is 0 Å². The molecule has 6 nitrogen and oxygen atoms in total. The number of unbranched alkanes of at least 4 members (excludes halogenated alkanes) is 1. The van der Waals surface area contributed by atoms with Crippen molar-refractivity contribution in [2.75, 3.05) is 13.7 Å². The first-order valence-electron chi connectivity index (χ1n) is 7.58. The molecular weight excluding hydrogens is 294 g/mol. The summed E-state index contributed by atoms with van der Waals surface area (Å²) in [5.41, 5.74) is 1.93. The van der Waals surface area contributed by atoms with E-state index in [1.165, 1.54) is 4.80 Å². The average Bonchev–Trinajstić information content (AvgIpc) is 2.97. The predicted molar refractivity (Wildman–Crippen MR) is 87.5 cm³/mol. The zero-order valence-electron chi connectivity index (χ0n) is 13.2. The van der Waals surface area contributed by atoms with E-state index in [0.29, 0.717) is 29.3 Å². The number of phenolic OH excluding ortho intramolecular Hbond substituents is 1. The lowest BCUT2D eigenvalue weighted by atomic mass is 10.3. The number of nitrogens with zero attached hydrogens (tertiary/aromatic N) is 3. The molecule has 0 fully saturated rings. The van der Waals surface area contributed by atoms with Gasteiger partial charge in [-0.05, 0) is 30.7 Å². The minimum absolute atomic E-state index is 0.0752. The Morgan fingerprint density at radius 3 is 2.57 bits per heavy atom. The highest BCUT2D eigenvalue weighted by atomic mass is 16.5. The SMILES string of the molecule is CCCCOc1ccc(-n2nc3ccc(OC)cc3n2)c(O)c1. The van der Waals surface area contributed by atoms with Crippen molar-refractivity contribution in [1.82, 2.24) is 15.0 Å². The minimum Gasteiger partial charge on any atom is -0.505 e. The molecule has 0 aliphatic rings. The van der Waals surface area contributed by atoms with Crippen molar-refractivity contribution in [3.8, 4) is 22.9 Å². The van der Waals surface area contributed by atoms with Gasteiger partial charge >= 0.3 is 0 Å². The highest BCUT2D eigenvalue weighted by Gasteiger charge is 2.10.